The Labute approximate surface area is 232 Å². The molecule has 3 aromatic rings. The minimum absolute atomic E-state index is 0.164. The van der Waals surface area contributed by atoms with E-state index in [4.69, 9.17) is 18.9 Å². The maximum Gasteiger partial charge on any atom is 0.366 e. The van der Waals surface area contributed by atoms with Crippen LogP contribution in [-0.4, -0.2) is 31.1 Å². The third-order valence-electron chi connectivity index (χ3n) is 5.66. The average molecular weight is 547 g/mol. The van der Waals surface area contributed by atoms with E-state index in [1.807, 2.05) is 24.3 Å². The molecule has 0 bridgehead atoms. The molecule has 3 rings (SSSR count). The molecule has 0 unspecified atom stereocenters. The molecule has 0 aromatic heterocycles. The lowest BCUT2D eigenvalue weighted by molar-refractivity contribution is -0.140. The third kappa shape index (κ3) is 9.54. The van der Waals surface area contributed by atoms with Crippen LogP contribution in [0.4, 0.5) is 4.39 Å². The van der Waals surface area contributed by atoms with Gasteiger partial charge in [-0.1, -0.05) is 37.4 Å². The zero-order chi connectivity index (χ0) is 28.9. The van der Waals surface area contributed by atoms with E-state index in [9.17, 15) is 18.8 Å². The summed E-state index contributed by atoms with van der Waals surface area (Å²) in [7, 11) is 0. The van der Waals surface area contributed by atoms with Crippen molar-refractivity contribution in [2.75, 3.05) is 13.2 Å². The molecular weight excluding hydrogens is 515 g/mol. The van der Waals surface area contributed by atoms with Crippen molar-refractivity contribution >= 4 is 17.9 Å². The number of carbonyl (C=O) groups is 3. The Bertz CT molecular complexity index is 1330. The van der Waals surface area contributed by atoms with Gasteiger partial charge >= 0.3 is 17.9 Å². The third-order valence-corrected chi connectivity index (χ3v) is 5.66. The molecule has 3 aromatic carbocycles. The van der Waals surface area contributed by atoms with Crippen LogP contribution in [0.2, 0.25) is 0 Å². The van der Waals surface area contributed by atoms with Gasteiger partial charge in [0, 0.05) is 5.57 Å². The van der Waals surface area contributed by atoms with E-state index >= 15 is 0 Å². The Morgan fingerprint density at radius 3 is 1.73 bits per heavy atom. The first-order valence-corrected chi connectivity index (χ1v) is 12.8. The van der Waals surface area contributed by atoms with Gasteiger partial charge in [-0.2, -0.15) is 4.39 Å². The predicted molar refractivity (Wildman–Crippen MR) is 149 cm³/mol. The van der Waals surface area contributed by atoms with E-state index in [1.54, 1.807) is 55.5 Å². The number of carbonyl (C=O) groups excluding carboxylic acids is 3. The van der Waals surface area contributed by atoms with Gasteiger partial charge in [0.05, 0.1) is 18.8 Å². The molecule has 0 aliphatic carbocycles. The summed E-state index contributed by atoms with van der Waals surface area (Å²) in [5.41, 5.74) is 2.52. The number of esters is 3. The number of rotatable bonds is 14. The van der Waals surface area contributed by atoms with Gasteiger partial charge in [0.1, 0.15) is 17.2 Å². The van der Waals surface area contributed by atoms with E-state index in [0.717, 1.165) is 30.4 Å². The van der Waals surface area contributed by atoms with Gasteiger partial charge in [-0.3, -0.25) is 0 Å². The van der Waals surface area contributed by atoms with Crippen molar-refractivity contribution in [2.45, 2.75) is 32.6 Å². The zero-order valence-electron chi connectivity index (χ0n) is 22.3. The average Bonchev–Trinajstić information content (AvgIpc) is 2.95. The zero-order valence-corrected chi connectivity index (χ0v) is 22.3. The molecule has 0 heterocycles. The number of benzene rings is 3. The second-order valence-corrected chi connectivity index (χ2v) is 8.94. The lowest BCUT2D eigenvalue weighted by Gasteiger charge is -2.09. The molecule has 0 spiro atoms. The molecule has 40 heavy (non-hydrogen) atoms. The molecular formula is C32H31FO7. The Morgan fingerprint density at radius 2 is 1.15 bits per heavy atom. The van der Waals surface area contributed by atoms with E-state index in [-0.39, 0.29) is 6.61 Å². The maximum atomic E-state index is 12.6. The summed E-state index contributed by atoms with van der Waals surface area (Å²) in [5, 5.41) is 0. The van der Waals surface area contributed by atoms with E-state index in [0.29, 0.717) is 41.4 Å². The highest BCUT2D eigenvalue weighted by Gasteiger charge is 2.11. The molecule has 0 aliphatic rings. The van der Waals surface area contributed by atoms with Crippen LogP contribution < -0.4 is 14.2 Å². The standard InChI is InChI=1S/C32H31FO7/c1-22(2)30(34)39-28-14-12-25(13-15-28)24-8-10-26(11-9-24)32(36)40-29-18-16-27(17-19-29)37-20-6-4-5-7-21-38-31(35)23(3)33/h8-19H,1,3-7,20-21H2,2H3. The van der Waals surface area contributed by atoms with Gasteiger partial charge in [0.15, 0.2) is 0 Å². The van der Waals surface area contributed by atoms with Gasteiger partial charge in [-0.05, 0) is 92.3 Å². The van der Waals surface area contributed by atoms with Crippen LogP contribution in [0.25, 0.3) is 11.1 Å². The van der Waals surface area contributed by atoms with Crippen molar-refractivity contribution in [2.24, 2.45) is 0 Å². The van der Waals surface area contributed by atoms with Crippen LogP contribution in [0.5, 0.6) is 17.2 Å². The Morgan fingerprint density at radius 1 is 0.650 bits per heavy atom. The van der Waals surface area contributed by atoms with Crippen LogP contribution in [-0.2, 0) is 14.3 Å². The minimum Gasteiger partial charge on any atom is -0.494 e. The van der Waals surface area contributed by atoms with Gasteiger partial charge in [0.2, 0.25) is 5.83 Å². The topological polar surface area (TPSA) is 88.1 Å². The first kappa shape index (κ1) is 29.8. The molecule has 0 saturated carbocycles. The van der Waals surface area contributed by atoms with E-state index in [2.05, 4.69) is 13.2 Å². The van der Waals surface area contributed by atoms with Crippen LogP contribution in [0, 0.1) is 0 Å². The van der Waals surface area contributed by atoms with Crippen LogP contribution >= 0.6 is 0 Å². The molecule has 0 fully saturated rings. The predicted octanol–water partition coefficient (Wildman–Crippen LogP) is 7.02. The van der Waals surface area contributed by atoms with Crippen molar-refractivity contribution in [3.8, 4) is 28.4 Å². The van der Waals surface area contributed by atoms with E-state index in [1.165, 1.54) is 0 Å². The Kier molecular flexibility index (Phi) is 11.2. The van der Waals surface area contributed by atoms with Crippen molar-refractivity contribution in [1.29, 1.82) is 0 Å². The largest absolute Gasteiger partial charge is 0.494 e. The highest BCUT2D eigenvalue weighted by molar-refractivity contribution is 5.92. The molecule has 0 N–H and O–H groups in total. The first-order chi connectivity index (χ1) is 19.2. The van der Waals surface area contributed by atoms with E-state index < -0.39 is 23.7 Å². The lowest BCUT2D eigenvalue weighted by atomic mass is 10.0. The summed E-state index contributed by atoms with van der Waals surface area (Å²) in [6.45, 7) is 8.71. The monoisotopic (exact) mass is 546 g/mol. The molecule has 8 heteroatoms. The molecule has 0 radical (unpaired) electrons. The van der Waals surface area contributed by atoms with Crippen molar-refractivity contribution in [3.63, 3.8) is 0 Å². The molecule has 0 aliphatic heterocycles. The summed E-state index contributed by atoms with van der Waals surface area (Å²) in [5.74, 6) is -1.59. The number of unbranched alkanes of at least 4 members (excludes halogenated alkanes) is 3. The van der Waals surface area contributed by atoms with Crippen LogP contribution in [0.3, 0.4) is 0 Å². The van der Waals surface area contributed by atoms with Gasteiger partial charge < -0.3 is 18.9 Å². The van der Waals surface area contributed by atoms with Gasteiger partial charge in [0.25, 0.3) is 0 Å². The molecule has 0 saturated heterocycles. The highest BCUT2D eigenvalue weighted by Crippen LogP contribution is 2.24. The summed E-state index contributed by atoms with van der Waals surface area (Å²) in [6, 6.07) is 20.8. The summed E-state index contributed by atoms with van der Waals surface area (Å²) >= 11 is 0. The Balaban J connectivity index is 1.40. The molecule has 0 atom stereocenters. The minimum atomic E-state index is -1.09. The first-order valence-electron chi connectivity index (χ1n) is 12.8. The van der Waals surface area contributed by atoms with Crippen molar-refractivity contribution in [1.82, 2.24) is 0 Å². The Hall–Kier alpha value is -4.72. The normalized spacial score (nSPS) is 10.3. The number of hydrogen-bond acceptors (Lipinski definition) is 7. The summed E-state index contributed by atoms with van der Waals surface area (Å²) < 4.78 is 33.6. The number of ether oxygens (including phenoxy) is 4. The quantitative estimate of drug-likeness (QED) is 0.0929. The van der Waals surface area contributed by atoms with Crippen LogP contribution in [0.15, 0.2) is 97.4 Å². The molecule has 7 nitrogen and oxygen atoms in total. The van der Waals surface area contributed by atoms with Crippen molar-refractivity contribution < 1.29 is 37.7 Å². The summed E-state index contributed by atoms with van der Waals surface area (Å²) in [4.78, 5) is 35.2. The maximum absolute atomic E-state index is 12.6. The second-order valence-electron chi connectivity index (χ2n) is 8.94. The SMILES string of the molecule is C=C(C)C(=O)Oc1ccc(-c2ccc(C(=O)Oc3ccc(OCCCCCCOC(=O)C(=C)F)cc3)cc2)cc1. The van der Waals surface area contributed by atoms with Gasteiger partial charge in [-0.25, -0.2) is 14.4 Å². The molecule has 0 amide bonds. The molecule has 208 valence electrons. The fraction of sp³-hybridized carbons (Fsp3) is 0.219. The lowest BCUT2D eigenvalue weighted by Crippen LogP contribution is -2.08. The summed E-state index contributed by atoms with van der Waals surface area (Å²) in [6.07, 6.45) is 3.15. The van der Waals surface area contributed by atoms with Crippen molar-refractivity contribution in [3.05, 3.63) is 103 Å². The smallest absolute Gasteiger partial charge is 0.366 e. The second kappa shape index (κ2) is 15.0. The fourth-order valence-corrected chi connectivity index (χ4v) is 3.47. The van der Waals surface area contributed by atoms with Gasteiger partial charge in [-0.15, -0.1) is 0 Å². The number of halogens is 1. The van der Waals surface area contributed by atoms with Crippen LogP contribution in [0.1, 0.15) is 43.0 Å². The number of hydrogen-bond donors (Lipinski definition) is 0. The highest BCUT2D eigenvalue weighted by atomic mass is 19.1. The fourth-order valence-electron chi connectivity index (χ4n) is 3.47.